The number of hydrogen-bond donors (Lipinski definition) is 2. The molecular weight excluding hydrogens is 352 g/mol. The summed E-state index contributed by atoms with van der Waals surface area (Å²) in [4.78, 5) is 19.5. The van der Waals surface area contributed by atoms with Gasteiger partial charge in [-0.3, -0.25) is 4.79 Å². The molecule has 1 aromatic heterocycles. The number of hydrogen-bond acceptors (Lipinski definition) is 6. The Labute approximate surface area is 154 Å². The van der Waals surface area contributed by atoms with Gasteiger partial charge in [0.2, 0.25) is 0 Å². The number of carbonyl (C=O) groups is 1. The van der Waals surface area contributed by atoms with Gasteiger partial charge < -0.3 is 14.5 Å². The van der Waals surface area contributed by atoms with Crippen molar-refractivity contribution in [2.24, 2.45) is 5.10 Å². The first kappa shape index (κ1) is 17.8. The standard InChI is InChI=1S/C18H18N4O3S/c1-24-13-7-8-16(25-2)12(9-13)10-19-22-17(23)11-26-18-20-14-5-3-4-6-15(14)21-18/h3-10H,11H2,1-2H3,(H,20,21)(H,22,23)/b19-10+. The topological polar surface area (TPSA) is 88.6 Å². The molecule has 0 aliphatic carbocycles. The number of aromatic nitrogens is 2. The SMILES string of the molecule is COc1ccc(OC)c(/C=N/NC(=O)CSc2nc3ccccc3[nH]2)c1. The van der Waals surface area contributed by atoms with Crippen LogP contribution in [0.4, 0.5) is 0 Å². The lowest BCUT2D eigenvalue weighted by molar-refractivity contribution is -0.118. The van der Waals surface area contributed by atoms with E-state index in [4.69, 9.17) is 9.47 Å². The van der Waals surface area contributed by atoms with Crippen LogP contribution in [-0.2, 0) is 4.79 Å². The lowest BCUT2D eigenvalue weighted by Crippen LogP contribution is -2.19. The minimum Gasteiger partial charge on any atom is -0.497 e. The quantitative estimate of drug-likeness (QED) is 0.379. The number of benzene rings is 2. The summed E-state index contributed by atoms with van der Waals surface area (Å²) in [6, 6.07) is 13.1. The first-order valence-corrected chi connectivity index (χ1v) is 8.79. The maximum atomic E-state index is 12.0. The Hall–Kier alpha value is -3.00. The van der Waals surface area contributed by atoms with Crippen molar-refractivity contribution >= 4 is 34.9 Å². The third-order valence-electron chi connectivity index (χ3n) is 3.54. The molecule has 134 valence electrons. The highest BCUT2D eigenvalue weighted by atomic mass is 32.2. The van der Waals surface area contributed by atoms with E-state index < -0.39 is 0 Å². The maximum Gasteiger partial charge on any atom is 0.250 e. The van der Waals surface area contributed by atoms with Crippen LogP contribution in [0.3, 0.4) is 0 Å². The van der Waals surface area contributed by atoms with Crippen LogP contribution in [0.15, 0.2) is 52.7 Å². The molecule has 1 amide bonds. The summed E-state index contributed by atoms with van der Waals surface area (Å²) in [6.45, 7) is 0. The lowest BCUT2D eigenvalue weighted by Gasteiger charge is -2.06. The zero-order valence-electron chi connectivity index (χ0n) is 14.4. The van der Waals surface area contributed by atoms with Crippen LogP contribution in [0.2, 0.25) is 0 Å². The second-order valence-electron chi connectivity index (χ2n) is 5.25. The molecular formula is C18H18N4O3S. The molecule has 3 aromatic rings. The van der Waals surface area contributed by atoms with Crippen molar-refractivity contribution in [1.82, 2.24) is 15.4 Å². The van der Waals surface area contributed by atoms with Gasteiger partial charge in [0.25, 0.3) is 5.91 Å². The summed E-state index contributed by atoms with van der Waals surface area (Å²) in [6.07, 6.45) is 1.52. The van der Waals surface area contributed by atoms with Gasteiger partial charge in [-0.25, -0.2) is 10.4 Å². The molecule has 2 N–H and O–H groups in total. The van der Waals surface area contributed by atoms with Crippen LogP contribution in [0.1, 0.15) is 5.56 Å². The molecule has 0 saturated carbocycles. The normalized spacial score (nSPS) is 11.0. The van der Waals surface area contributed by atoms with Gasteiger partial charge in [0.15, 0.2) is 5.16 Å². The number of nitrogens with one attached hydrogen (secondary N) is 2. The number of carbonyl (C=O) groups excluding carboxylic acids is 1. The van der Waals surface area contributed by atoms with Gasteiger partial charge in [0.1, 0.15) is 11.5 Å². The highest BCUT2D eigenvalue weighted by Gasteiger charge is 2.07. The van der Waals surface area contributed by atoms with Crippen LogP contribution in [-0.4, -0.2) is 42.1 Å². The Kier molecular flexibility index (Phi) is 5.75. The summed E-state index contributed by atoms with van der Waals surface area (Å²) in [5, 5.41) is 4.67. The Balaban J connectivity index is 1.56. The number of fused-ring (bicyclic) bond motifs is 1. The number of H-pyrrole nitrogens is 1. The number of amides is 1. The van der Waals surface area contributed by atoms with Gasteiger partial charge in [0.05, 0.1) is 37.2 Å². The summed E-state index contributed by atoms with van der Waals surface area (Å²) >= 11 is 1.32. The average Bonchev–Trinajstić information content (AvgIpc) is 3.09. The summed E-state index contributed by atoms with van der Waals surface area (Å²) in [7, 11) is 3.15. The monoisotopic (exact) mass is 370 g/mol. The van der Waals surface area contributed by atoms with Gasteiger partial charge in [-0.2, -0.15) is 5.10 Å². The fourth-order valence-electron chi connectivity index (χ4n) is 2.28. The van der Waals surface area contributed by atoms with Crippen molar-refractivity contribution in [3.63, 3.8) is 0 Å². The number of nitrogens with zero attached hydrogens (tertiary/aromatic N) is 2. The molecule has 2 aromatic carbocycles. The second-order valence-corrected chi connectivity index (χ2v) is 6.21. The number of thioether (sulfide) groups is 1. The molecule has 0 saturated heterocycles. The smallest absolute Gasteiger partial charge is 0.250 e. The van der Waals surface area contributed by atoms with Crippen LogP contribution in [0.25, 0.3) is 11.0 Å². The van der Waals surface area contributed by atoms with E-state index in [0.717, 1.165) is 11.0 Å². The molecule has 0 spiro atoms. The van der Waals surface area contributed by atoms with E-state index in [2.05, 4.69) is 20.5 Å². The van der Waals surface area contributed by atoms with Gasteiger partial charge in [-0.1, -0.05) is 23.9 Å². The molecule has 7 nitrogen and oxygen atoms in total. The van der Waals surface area contributed by atoms with E-state index in [1.54, 1.807) is 32.4 Å². The van der Waals surface area contributed by atoms with E-state index in [9.17, 15) is 4.79 Å². The zero-order chi connectivity index (χ0) is 18.4. The van der Waals surface area contributed by atoms with Crippen molar-refractivity contribution in [3.8, 4) is 11.5 Å². The number of para-hydroxylation sites is 2. The maximum absolute atomic E-state index is 12.0. The van der Waals surface area contributed by atoms with Crippen LogP contribution in [0.5, 0.6) is 11.5 Å². The van der Waals surface area contributed by atoms with Crippen LogP contribution < -0.4 is 14.9 Å². The lowest BCUT2D eigenvalue weighted by atomic mass is 10.2. The molecule has 1 heterocycles. The van der Waals surface area contributed by atoms with Crippen molar-refractivity contribution in [1.29, 1.82) is 0 Å². The van der Waals surface area contributed by atoms with E-state index in [0.29, 0.717) is 22.2 Å². The predicted octanol–water partition coefficient (Wildman–Crippen LogP) is 2.82. The number of ether oxygens (including phenoxy) is 2. The Morgan fingerprint density at radius 3 is 2.88 bits per heavy atom. The number of imidazole rings is 1. The van der Waals surface area contributed by atoms with Crippen molar-refractivity contribution in [2.75, 3.05) is 20.0 Å². The highest BCUT2D eigenvalue weighted by Crippen LogP contribution is 2.22. The third kappa shape index (κ3) is 4.34. The highest BCUT2D eigenvalue weighted by molar-refractivity contribution is 7.99. The first-order chi connectivity index (χ1) is 12.7. The first-order valence-electron chi connectivity index (χ1n) is 7.81. The zero-order valence-corrected chi connectivity index (χ0v) is 15.2. The molecule has 0 aliphatic heterocycles. The Morgan fingerprint density at radius 1 is 1.27 bits per heavy atom. The van der Waals surface area contributed by atoms with Gasteiger partial charge in [-0.05, 0) is 30.3 Å². The van der Waals surface area contributed by atoms with E-state index >= 15 is 0 Å². The average molecular weight is 370 g/mol. The summed E-state index contributed by atoms with van der Waals surface area (Å²) in [5.74, 6) is 1.29. The largest absolute Gasteiger partial charge is 0.497 e. The third-order valence-corrected chi connectivity index (χ3v) is 4.41. The minimum absolute atomic E-state index is 0.201. The van der Waals surface area contributed by atoms with E-state index in [1.807, 2.05) is 24.3 Å². The van der Waals surface area contributed by atoms with Crippen LogP contribution in [0, 0.1) is 0 Å². The van der Waals surface area contributed by atoms with Gasteiger partial charge >= 0.3 is 0 Å². The van der Waals surface area contributed by atoms with Crippen LogP contribution >= 0.6 is 11.8 Å². The summed E-state index contributed by atoms with van der Waals surface area (Å²) in [5.41, 5.74) is 5.02. The molecule has 0 atom stereocenters. The number of hydrazone groups is 1. The fourth-order valence-corrected chi connectivity index (χ4v) is 2.96. The molecule has 0 aliphatic rings. The molecule has 0 bridgehead atoms. The number of methoxy groups -OCH3 is 2. The molecule has 26 heavy (non-hydrogen) atoms. The van der Waals surface area contributed by atoms with Gasteiger partial charge in [-0.15, -0.1) is 0 Å². The van der Waals surface area contributed by atoms with E-state index in [1.165, 1.54) is 18.0 Å². The fraction of sp³-hybridized carbons (Fsp3) is 0.167. The van der Waals surface area contributed by atoms with E-state index in [-0.39, 0.29) is 11.7 Å². The molecule has 0 fully saturated rings. The van der Waals surface area contributed by atoms with Crippen molar-refractivity contribution < 1.29 is 14.3 Å². The molecule has 0 unspecified atom stereocenters. The number of aromatic amines is 1. The Morgan fingerprint density at radius 2 is 2.12 bits per heavy atom. The molecule has 8 heteroatoms. The van der Waals surface area contributed by atoms with Crippen molar-refractivity contribution in [3.05, 3.63) is 48.0 Å². The van der Waals surface area contributed by atoms with Crippen molar-refractivity contribution in [2.45, 2.75) is 5.16 Å². The predicted molar refractivity (Wildman–Crippen MR) is 102 cm³/mol. The molecule has 0 radical (unpaired) electrons. The van der Waals surface area contributed by atoms with Gasteiger partial charge in [0, 0.05) is 5.56 Å². The molecule has 3 rings (SSSR count). The minimum atomic E-state index is -0.228. The Bertz CT molecular complexity index is 906. The summed E-state index contributed by atoms with van der Waals surface area (Å²) < 4.78 is 10.4. The second kappa shape index (κ2) is 8.39. The number of rotatable bonds is 7.